The van der Waals surface area contributed by atoms with Gasteiger partial charge in [0.25, 0.3) is 10.1 Å². The summed E-state index contributed by atoms with van der Waals surface area (Å²) in [6.07, 6.45) is 31.4. The van der Waals surface area contributed by atoms with Gasteiger partial charge in [-0.05, 0) is 19.3 Å². The third-order valence-corrected chi connectivity index (χ3v) is 9.10. The summed E-state index contributed by atoms with van der Waals surface area (Å²) in [5, 5.41) is 23.2. The molecule has 0 saturated heterocycles. The number of nitrogens with one attached hydrogen (secondary N) is 1. The Morgan fingerprint density at radius 3 is 1.40 bits per heavy atom. The number of hydrogen-bond donors (Lipinski definition) is 4. The van der Waals surface area contributed by atoms with Crippen LogP contribution in [0.5, 0.6) is 0 Å². The van der Waals surface area contributed by atoms with E-state index in [2.05, 4.69) is 19.2 Å². The van der Waals surface area contributed by atoms with Crippen molar-refractivity contribution in [3.63, 3.8) is 0 Å². The minimum Gasteiger partial charge on any atom is -0.387 e. The van der Waals surface area contributed by atoms with Gasteiger partial charge in [-0.2, -0.15) is 8.42 Å². The maximum absolute atomic E-state index is 12.5. The van der Waals surface area contributed by atoms with Crippen LogP contribution in [-0.2, 0) is 14.9 Å². The Hall–Kier alpha value is -0.960. The summed E-state index contributed by atoms with van der Waals surface area (Å²) >= 11 is 0. The van der Waals surface area contributed by atoms with Gasteiger partial charge in [-0.3, -0.25) is 9.35 Å². The molecular formula is C35H69NO6S. The lowest BCUT2D eigenvalue weighted by atomic mass is 10.0. The molecule has 43 heavy (non-hydrogen) atoms. The SMILES string of the molecule is CCCCCCCCC/C=C/C(O)C(CS(=O)(=O)O)NC(=O)C(O)CCCCCCCCCCCCCCCCCCC. The molecule has 0 bridgehead atoms. The normalized spacial score (nSPS) is 14.3. The van der Waals surface area contributed by atoms with Gasteiger partial charge < -0.3 is 15.5 Å². The smallest absolute Gasteiger partial charge is 0.267 e. The van der Waals surface area contributed by atoms with Crippen LogP contribution in [0.3, 0.4) is 0 Å². The molecule has 0 fully saturated rings. The Kier molecular flexibility index (Phi) is 29.1. The third-order valence-electron chi connectivity index (χ3n) is 8.32. The average Bonchev–Trinajstić information content (AvgIpc) is 2.96. The molecule has 0 rings (SSSR count). The van der Waals surface area contributed by atoms with Crippen LogP contribution in [0.15, 0.2) is 12.2 Å². The summed E-state index contributed by atoms with van der Waals surface area (Å²) in [5.74, 6) is -1.53. The van der Waals surface area contributed by atoms with E-state index in [1.165, 1.54) is 122 Å². The van der Waals surface area contributed by atoms with Gasteiger partial charge in [-0.25, -0.2) is 0 Å². The fraction of sp³-hybridized carbons (Fsp3) is 0.914. The van der Waals surface area contributed by atoms with Crippen molar-refractivity contribution >= 4 is 16.0 Å². The summed E-state index contributed by atoms with van der Waals surface area (Å²) < 4.78 is 32.3. The summed E-state index contributed by atoms with van der Waals surface area (Å²) in [6.45, 7) is 4.45. The van der Waals surface area contributed by atoms with Crippen LogP contribution in [0.4, 0.5) is 0 Å². The minimum absolute atomic E-state index is 0.285. The maximum atomic E-state index is 12.5. The highest BCUT2D eigenvalue weighted by Gasteiger charge is 2.27. The van der Waals surface area contributed by atoms with E-state index < -0.39 is 40.0 Å². The highest BCUT2D eigenvalue weighted by Crippen LogP contribution is 2.15. The standard InChI is InChI=1S/C35H69NO6S/c1-3-5-7-9-11-13-14-15-16-17-18-19-20-22-24-26-28-30-34(38)35(39)36-32(31-43(40,41)42)33(37)29-27-25-23-21-12-10-8-6-4-2/h27,29,32-34,37-38H,3-26,28,30-31H2,1-2H3,(H,36,39)(H,40,41,42)/b29-27+. The van der Waals surface area contributed by atoms with Crippen molar-refractivity contribution in [2.75, 3.05) is 5.75 Å². The molecule has 256 valence electrons. The fourth-order valence-corrected chi connectivity index (χ4v) is 6.25. The van der Waals surface area contributed by atoms with Crippen molar-refractivity contribution in [1.29, 1.82) is 0 Å². The lowest BCUT2D eigenvalue weighted by Crippen LogP contribution is -2.50. The maximum Gasteiger partial charge on any atom is 0.267 e. The van der Waals surface area contributed by atoms with Crippen LogP contribution in [0, 0.1) is 0 Å². The molecule has 3 unspecified atom stereocenters. The zero-order valence-electron chi connectivity index (χ0n) is 28.0. The Morgan fingerprint density at radius 1 is 0.628 bits per heavy atom. The van der Waals surface area contributed by atoms with Crippen LogP contribution in [0.25, 0.3) is 0 Å². The second kappa shape index (κ2) is 29.7. The van der Waals surface area contributed by atoms with Gasteiger partial charge in [0.05, 0.1) is 17.9 Å². The van der Waals surface area contributed by atoms with Crippen molar-refractivity contribution < 1.29 is 28.0 Å². The molecule has 0 aromatic carbocycles. The van der Waals surface area contributed by atoms with Crippen LogP contribution < -0.4 is 5.32 Å². The molecule has 0 aromatic heterocycles. The molecular weight excluding hydrogens is 562 g/mol. The fourth-order valence-electron chi connectivity index (χ4n) is 5.51. The van der Waals surface area contributed by atoms with E-state index in [0.717, 1.165) is 38.5 Å². The third kappa shape index (κ3) is 29.5. The van der Waals surface area contributed by atoms with Gasteiger partial charge in [0.1, 0.15) is 6.10 Å². The topological polar surface area (TPSA) is 124 Å². The second-order valence-corrected chi connectivity index (χ2v) is 14.2. The monoisotopic (exact) mass is 631 g/mol. The van der Waals surface area contributed by atoms with E-state index in [1.807, 2.05) is 0 Å². The molecule has 0 radical (unpaired) electrons. The second-order valence-electron chi connectivity index (χ2n) is 12.7. The van der Waals surface area contributed by atoms with Gasteiger partial charge in [-0.15, -0.1) is 0 Å². The van der Waals surface area contributed by atoms with Crippen LogP contribution >= 0.6 is 0 Å². The van der Waals surface area contributed by atoms with E-state index in [-0.39, 0.29) is 6.42 Å². The van der Waals surface area contributed by atoms with Crippen molar-refractivity contribution in [1.82, 2.24) is 5.32 Å². The first-order valence-corrected chi connectivity index (χ1v) is 19.6. The number of aliphatic hydroxyl groups is 2. The molecule has 4 N–H and O–H groups in total. The van der Waals surface area contributed by atoms with Crippen molar-refractivity contribution in [3.8, 4) is 0 Å². The van der Waals surface area contributed by atoms with Crippen LogP contribution in [-0.4, -0.2) is 53.1 Å². The first-order chi connectivity index (χ1) is 20.7. The Labute approximate surface area is 265 Å². The molecule has 7 nitrogen and oxygen atoms in total. The summed E-state index contributed by atoms with van der Waals surface area (Å²) in [4.78, 5) is 12.5. The highest BCUT2D eigenvalue weighted by molar-refractivity contribution is 7.85. The predicted octanol–water partition coefficient (Wildman–Crippen LogP) is 8.82. The molecule has 1 amide bonds. The first-order valence-electron chi connectivity index (χ1n) is 18.0. The first kappa shape index (κ1) is 42.0. The molecule has 0 aromatic rings. The number of hydrogen-bond acceptors (Lipinski definition) is 5. The summed E-state index contributed by atoms with van der Waals surface area (Å²) in [7, 11) is -4.43. The van der Waals surface area contributed by atoms with Gasteiger partial charge in [0.2, 0.25) is 5.91 Å². The van der Waals surface area contributed by atoms with E-state index in [0.29, 0.717) is 6.42 Å². The molecule has 8 heteroatoms. The van der Waals surface area contributed by atoms with Crippen molar-refractivity contribution in [3.05, 3.63) is 12.2 Å². The molecule has 0 aliphatic rings. The average molecular weight is 632 g/mol. The number of allylic oxidation sites excluding steroid dienone is 1. The number of aliphatic hydroxyl groups excluding tert-OH is 2. The molecule has 0 saturated carbocycles. The number of rotatable bonds is 32. The van der Waals surface area contributed by atoms with E-state index >= 15 is 0 Å². The predicted molar refractivity (Wildman–Crippen MR) is 181 cm³/mol. The Balaban J connectivity index is 4.02. The largest absolute Gasteiger partial charge is 0.387 e. The van der Waals surface area contributed by atoms with Crippen molar-refractivity contribution in [2.24, 2.45) is 0 Å². The molecule has 3 atom stereocenters. The van der Waals surface area contributed by atoms with Crippen LogP contribution in [0.1, 0.15) is 181 Å². The van der Waals surface area contributed by atoms with E-state index in [4.69, 9.17) is 0 Å². The number of amides is 1. The van der Waals surface area contributed by atoms with Gasteiger partial charge >= 0.3 is 0 Å². The van der Waals surface area contributed by atoms with Gasteiger partial charge in [-0.1, -0.05) is 174 Å². The zero-order chi connectivity index (χ0) is 32.0. The lowest BCUT2D eigenvalue weighted by molar-refractivity contribution is -0.130. The zero-order valence-corrected chi connectivity index (χ0v) is 28.8. The van der Waals surface area contributed by atoms with E-state index in [1.54, 1.807) is 6.08 Å². The number of carbonyl (C=O) groups is 1. The Morgan fingerprint density at radius 2 is 1.00 bits per heavy atom. The van der Waals surface area contributed by atoms with Gasteiger partial charge in [0.15, 0.2) is 0 Å². The highest BCUT2D eigenvalue weighted by atomic mass is 32.2. The number of carbonyl (C=O) groups excluding carboxylic acids is 1. The molecule has 0 aliphatic heterocycles. The quantitative estimate of drug-likeness (QED) is 0.0334. The van der Waals surface area contributed by atoms with Crippen molar-refractivity contribution in [2.45, 2.75) is 199 Å². The molecule has 0 heterocycles. The molecule has 0 aliphatic carbocycles. The van der Waals surface area contributed by atoms with Crippen LogP contribution in [0.2, 0.25) is 0 Å². The van der Waals surface area contributed by atoms with Gasteiger partial charge in [0, 0.05) is 0 Å². The summed E-state index contributed by atoms with van der Waals surface area (Å²) in [6, 6.07) is -1.22. The number of unbranched alkanes of at least 4 members (excludes halogenated alkanes) is 23. The lowest BCUT2D eigenvalue weighted by Gasteiger charge is -2.22. The van der Waals surface area contributed by atoms with E-state index in [9.17, 15) is 28.0 Å². The molecule has 0 spiro atoms. The summed E-state index contributed by atoms with van der Waals surface area (Å²) in [5.41, 5.74) is 0. The Bertz CT molecular complexity index is 757. The minimum atomic E-state index is -4.43.